The smallest absolute Gasteiger partial charge is 0.124 e. The molecule has 1 aliphatic heterocycles. The number of thiophene rings is 1. The van der Waals surface area contributed by atoms with Crippen LogP contribution in [-0.4, -0.2) is 16.5 Å². The lowest BCUT2D eigenvalue weighted by atomic mass is 10.1. The molecule has 0 atom stereocenters. The number of nitrogens with zero attached hydrogens (tertiary/aromatic N) is 2. The largest absolute Gasteiger partial charge is 0.388 e. The Labute approximate surface area is 115 Å². The minimum absolute atomic E-state index is 0.363. The van der Waals surface area contributed by atoms with Crippen molar-refractivity contribution in [2.24, 2.45) is 5.73 Å². The fourth-order valence-corrected chi connectivity index (χ4v) is 3.34. The summed E-state index contributed by atoms with van der Waals surface area (Å²) in [6, 6.07) is 6.17. The van der Waals surface area contributed by atoms with E-state index in [9.17, 15) is 0 Å². The van der Waals surface area contributed by atoms with E-state index in [1.54, 1.807) is 6.20 Å². The standard InChI is InChI=1S/C13H13N3S2/c14-13(17)12-10(2-1-5-15-12)16-6-3-11-9(8-16)4-7-18-11/h1-2,4-5,7H,3,6,8H2,(H2,14,17). The average Bonchev–Trinajstić information content (AvgIpc) is 2.85. The second-order valence-electron chi connectivity index (χ2n) is 4.28. The molecule has 0 bridgehead atoms. The Hall–Kier alpha value is -1.46. The molecule has 0 amide bonds. The first-order valence-electron chi connectivity index (χ1n) is 5.80. The minimum atomic E-state index is 0.363. The molecule has 3 heterocycles. The number of hydrogen-bond acceptors (Lipinski definition) is 4. The zero-order valence-corrected chi connectivity index (χ0v) is 11.4. The van der Waals surface area contributed by atoms with Crippen molar-refractivity contribution in [2.75, 3.05) is 11.4 Å². The van der Waals surface area contributed by atoms with Gasteiger partial charge in [-0.1, -0.05) is 12.2 Å². The topological polar surface area (TPSA) is 42.1 Å². The molecule has 2 aromatic rings. The monoisotopic (exact) mass is 275 g/mol. The van der Waals surface area contributed by atoms with E-state index in [4.69, 9.17) is 18.0 Å². The molecule has 0 spiro atoms. The Kier molecular flexibility index (Phi) is 3.01. The van der Waals surface area contributed by atoms with Gasteiger partial charge in [0.1, 0.15) is 10.7 Å². The van der Waals surface area contributed by atoms with Crippen LogP contribution in [-0.2, 0) is 13.0 Å². The summed E-state index contributed by atoms with van der Waals surface area (Å²) < 4.78 is 0. The molecule has 0 saturated carbocycles. The normalized spacial score (nSPS) is 14.3. The molecule has 0 aliphatic carbocycles. The highest BCUT2D eigenvalue weighted by Gasteiger charge is 2.20. The quantitative estimate of drug-likeness (QED) is 0.854. The van der Waals surface area contributed by atoms with Gasteiger partial charge >= 0.3 is 0 Å². The summed E-state index contributed by atoms with van der Waals surface area (Å²) in [5.41, 5.74) is 8.92. The first kappa shape index (κ1) is 11.6. The molecule has 0 radical (unpaired) electrons. The maximum Gasteiger partial charge on any atom is 0.124 e. The zero-order chi connectivity index (χ0) is 12.5. The van der Waals surface area contributed by atoms with Crippen LogP contribution in [0.3, 0.4) is 0 Å². The van der Waals surface area contributed by atoms with Crippen LogP contribution in [0.25, 0.3) is 0 Å². The molecule has 0 fully saturated rings. The van der Waals surface area contributed by atoms with E-state index < -0.39 is 0 Å². The van der Waals surface area contributed by atoms with Crippen LogP contribution in [0.5, 0.6) is 0 Å². The van der Waals surface area contributed by atoms with Gasteiger partial charge in [0.25, 0.3) is 0 Å². The van der Waals surface area contributed by atoms with E-state index in [0.29, 0.717) is 4.99 Å². The van der Waals surface area contributed by atoms with Crippen LogP contribution in [0.4, 0.5) is 5.69 Å². The summed E-state index contributed by atoms with van der Waals surface area (Å²) in [4.78, 5) is 8.45. The molecular formula is C13H13N3S2. The van der Waals surface area contributed by atoms with Crippen molar-refractivity contribution in [3.8, 4) is 0 Å². The number of fused-ring (bicyclic) bond motifs is 1. The van der Waals surface area contributed by atoms with Crippen molar-refractivity contribution in [1.29, 1.82) is 0 Å². The van der Waals surface area contributed by atoms with Gasteiger partial charge in [0.15, 0.2) is 0 Å². The summed E-state index contributed by atoms with van der Waals surface area (Å²) in [5.74, 6) is 0. The van der Waals surface area contributed by atoms with Crippen LogP contribution in [0.15, 0.2) is 29.8 Å². The Balaban J connectivity index is 1.95. The van der Waals surface area contributed by atoms with E-state index in [2.05, 4.69) is 21.3 Å². The van der Waals surface area contributed by atoms with Crippen LogP contribution in [0, 0.1) is 0 Å². The Morgan fingerprint density at radius 2 is 2.33 bits per heavy atom. The lowest BCUT2D eigenvalue weighted by molar-refractivity contribution is 0.741. The van der Waals surface area contributed by atoms with E-state index in [1.165, 1.54) is 10.4 Å². The summed E-state index contributed by atoms with van der Waals surface area (Å²) >= 11 is 6.91. The van der Waals surface area contributed by atoms with E-state index >= 15 is 0 Å². The van der Waals surface area contributed by atoms with Gasteiger partial charge in [-0.25, -0.2) is 0 Å². The summed E-state index contributed by atoms with van der Waals surface area (Å²) in [7, 11) is 0. The fraction of sp³-hybridized carbons (Fsp3) is 0.231. The molecule has 2 N–H and O–H groups in total. The van der Waals surface area contributed by atoms with E-state index in [1.807, 2.05) is 23.5 Å². The maximum absolute atomic E-state index is 5.74. The Morgan fingerprint density at radius 1 is 1.44 bits per heavy atom. The first-order valence-corrected chi connectivity index (χ1v) is 7.09. The maximum atomic E-state index is 5.74. The van der Waals surface area contributed by atoms with Gasteiger partial charge in [-0.2, -0.15) is 0 Å². The molecule has 5 heteroatoms. The highest BCUT2D eigenvalue weighted by atomic mass is 32.1. The highest BCUT2D eigenvalue weighted by Crippen LogP contribution is 2.28. The van der Waals surface area contributed by atoms with Gasteiger partial charge in [-0.15, -0.1) is 11.3 Å². The molecule has 3 nitrogen and oxygen atoms in total. The van der Waals surface area contributed by atoms with Crippen LogP contribution >= 0.6 is 23.6 Å². The third-order valence-corrected chi connectivity index (χ3v) is 4.38. The number of rotatable bonds is 2. The summed E-state index contributed by atoms with van der Waals surface area (Å²) in [6.45, 7) is 1.91. The molecule has 92 valence electrons. The zero-order valence-electron chi connectivity index (χ0n) is 9.80. The number of anilines is 1. The average molecular weight is 275 g/mol. The van der Waals surface area contributed by atoms with Gasteiger partial charge < -0.3 is 10.6 Å². The molecule has 18 heavy (non-hydrogen) atoms. The number of aromatic nitrogens is 1. The van der Waals surface area contributed by atoms with Crippen molar-refractivity contribution < 1.29 is 0 Å². The second kappa shape index (κ2) is 4.66. The molecular weight excluding hydrogens is 262 g/mol. The molecule has 0 saturated heterocycles. The first-order chi connectivity index (χ1) is 8.75. The van der Waals surface area contributed by atoms with Crippen molar-refractivity contribution in [1.82, 2.24) is 4.98 Å². The lowest BCUT2D eigenvalue weighted by Gasteiger charge is -2.30. The van der Waals surface area contributed by atoms with Gasteiger partial charge in [-0.05, 0) is 35.6 Å². The van der Waals surface area contributed by atoms with Gasteiger partial charge in [0, 0.05) is 24.2 Å². The molecule has 0 aromatic carbocycles. The van der Waals surface area contributed by atoms with Crippen LogP contribution in [0.1, 0.15) is 16.1 Å². The van der Waals surface area contributed by atoms with Gasteiger partial charge in [0.05, 0.1) is 5.69 Å². The third-order valence-electron chi connectivity index (χ3n) is 3.17. The molecule has 2 aromatic heterocycles. The van der Waals surface area contributed by atoms with Crippen molar-refractivity contribution in [2.45, 2.75) is 13.0 Å². The highest BCUT2D eigenvalue weighted by molar-refractivity contribution is 7.80. The van der Waals surface area contributed by atoms with E-state index in [0.717, 1.165) is 30.9 Å². The van der Waals surface area contributed by atoms with Gasteiger partial charge in [0.2, 0.25) is 0 Å². The lowest BCUT2D eigenvalue weighted by Crippen LogP contribution is -2.31. The van der Waals surface area contributed by atoms with E-state index in [-0.39, 0.29) is 0 Å². The minimum Gasteiger partial charge on any atom is -0.388 e. The SMILES string of the molecule is NC(=S)c1ncccc1N1CCc2sccc2C1. The molecule has 1 aliphatic rings. The number of nitrogens with two attached hydrogens (primary N) is 1. The number of hydrogen-bond donors (Lipinski definition) is 1. The second-order valence-corrected chi connectivity index (χ2v) is 5.72. The number of pyridine rings is 1. The van der Waals surface area contributed by atoms with Crippen molar-refractivity contribution in [3.63, 3.8) is 0 Å². The van der Waals surface area contributed by atoms with Crippen molar-refractivity contribution in [3.05, 3.63) is 45.9 Å². The van der Waals surface area contributed by atoms with Crippen LogP contribution in [0.2, 0.25) is 0 Å². The fourth-order valence-electron chi connectivity index (χ4n) is 2.30. The van der Waals surface area contributed by atoms with Gasteiger partial charge in [-0.3, -0.25) is 4.98 Å². The van der Waals surface area contributed by atoms with Crippen molar-refractivity contribution >= 4 is 34.2 Å². The predicted octanol–water partition coefficient (Wildman–Crippen LogP) is 2.34. The number of thiocarbonyl (C=S) groups is 1. The third kappa shape index (κ3) is 2.00. The molecule has 0 unspecified atom stereocenters. The predicted molar refractivity (Wildman–Crippen MR) is 79.2 cm³/mol. The molecule has 3 rings (SSSR count). The Morgan fingerprint density at radius 3 is 3.17 bits per heavy atom. The summed E-state index contributed by atoms with van der Waals surface area (Å²) in [6.07, 6.45) is 2.82. The Bertz CT molecular complexity index is 591. The summed E-state index contributed by atoms with van der Waals surface area (Å²) in [5, 5.41) is 2.16. The van der Waals surface area contributed by atoms with Crippen LogP contribution < -0.4 is 10.6 Å².